The van der Waals surface area contributed by atoms with Crippen LogP contribution in [0, 0.1) is 6.92 Å². The Morgan fingerprint density at radius 1 is 0.825 bits per heavy atom. The highest BCUT2D eigenvalue weighted by molar-refractivity contribution is 5.82. The van der Waals surface area contributed by atoms with Gasteiger partial charge in [0.2, 0.25) is 0 Å². The number of likely N-dealkylation sites (N-methyl/N-ethyl adjacent to an activating group) is 1. The van der Waals surface area contributed by atoms with Crippen molar-refractivity contribution in [2.45, 2.75) is 34.6 Å². The van der Waals surface area contributed by atoms with Gasteiger partial charge in [0.15, 0.2) is 0 Å². The molecule has 7 nitrogen and oxygen atoms in total. The van der Waals surface area contributed by atoms with Gasteiger partial charge in [-0.25, -0.2) is 0 Å². The smallest absolute Gasteiger partial charge is 0.119 e. The third kappa shape index (κ3) is 9.27. The van der Waals surface area contributed by atoms with Crippen LogP contribution < -0.4 is 4.74 Å². The van der Waals surface area contributed by atoms with Gasteiger partial charge in [-0.1, -0.05) is 24.8 Å². The maximum Gasteiger partial charge on any atom is 0.119 e. The summed E-state index contributed by atoms with van der Waals surface area (Å²) < 4.78 is 5.47. The minimum atomic E-state index is 0.647. The van der Waals surface area contributed by atoms with E-state index in [9.17, 15) is 0 Å². The van der Waals surface area contributed by atoms with E-state index in [0.29, 0.717) is 6.61 Å². The third-order valence-electron chi connectivity index (χ3n) is 6.05. The van der Waals surface area contributed by atoms with E-state index in [2.05, 4.69) is 50.8 Å². The lowest BCUT2D eigenvalue weighted by Gasteiger charge is -2.20. The Hall–Kier alpha value is -4.65. The molecule has 0 bridgehead atoms. The van der Waals surface area contributed by atoms with Crippen LogP contribution in [0.5, 0.6) is 5.75 Å². The molecule has 0 saturated carbocycles. The minimum absolute atomic E-state index is 0.647. The van der Waals surface area contributed by atoms with Crippen LogP contribution in [0.2, 0.25) is 0 Å². The Morgan fingerprint density at radius 3 is 2.12 bits per heavy atom. The van der Waals surface area contributed by atoms with Gasteiger partial charge < -0.3 is 9.64 Å². The Morgan fingerprint density at radius 2 is 1.50 bits per heavy atom. The molecule has 0 radical (unpaired) electrons. The van der Waals surface area contributed by atoms with E-state index in [4.69, 9.17) is 4.74 Å². The summed E-state index contributed by atoms with van der Waals surface area (Å²) in [6.45, 7) is 16.7. The molecule has 0 aliphatic heterocycles. The molecule has 0 N–H and O–H groups in total. The van der Waals surface area contributed by atoms with Crippen molar-refractivity contribution in [1.29, 1.82) is 0 Å². The number of azo groups is 2. The zero-order chi connectivity index (χ0) is 28.7. The molecule has 40 heavy (non-hydrogen) atoms. The number of ether oxygens (including phenoxy) is 1. The second kappa shape index (κ2) is 15.7. The van der Waals surface area contributed by atoms with E-state index in [0.717, 1.165) is 64.1 Å². The molecule has 0 saturated heterocycles. The van der Waals surface area contributed by atoms with Gasteiger partial charge in [-0.15, -0.1) is 0 Å². The highest BCUT2D eigenvalue weighted by atomic mass is 16.5. The van der Waals surface area contributed by atoms with E-state index in [-0.39, 0.29) is 0 Å². The largest absolute Gasteiger partial charge is 0.494 e. The van der Waals surface area contributed by atoms with E-state index in [1.165, 1.54) is 0 Å². The normalized spacial score (nSPS) is 12.3. The summed E-state index contributed by atoms with van der Waals surface area (Å²) in [5.74, 6) is 0.842. The first-order valence-corrected chi connectivity index (χ1v) is 13.5. The van der Waals surface area contributed by atoms with Crippen molar-refractivity contribution in [2.24, 2.45) is 25.4 Å². The van der Waals surface area contributed by atoms with Gasteiger partial charge in [0.05, 0.1) is 35.1 Å². The molecule has 0 aliphatic carbocycles. The second-order valence-corrected chi connectivity index (χ2v) is 8.86. The average molecular weight is 535 g/mol. The standard InChI is InChI=1S/C33H38N6O/c1-7-28(14-11-26(6)39(8-2)9-3)35-37-31-19-22-33(25(5)23-31)38-36-30-15-12-27(13-16-30)24-34-29-17-20-32(21-18-29)40-10-4/h7,11-24H,6,8-10H2,1-5H3/b14-11-,28-7+,34-24?,37-35?,38-36?. The number of aryl methyl sites for hydroxylation is 1. The predicted molar refractivity (Wildman–Crippen MR) is 166 cm³/mol. The SMILES string of the molecule is C=C(/C=C\C(=C/C)N=Nc1ccc(N=Nc2ccc(C=Nc3ccc(OCC)cc3)cc2)c(C)c1)N(CC)CC. The van der Waals surface area contributed by atoms with Gasteiger partial charge in [0.1, 0.15) is 5.75 Å². The lowest BCUT2D eigenvalue weighted by atomic mass is 10.2. The summed E-state index contributed by atoms with van der Waals surface area (Å²) in [5.41, 5.74) is 6.82. The molecule has 0 aliphatic rings. The highest BCUT2D eigenvalue weighted by Gasteiger charge is 2.01. The number of hydrogen-bond acceptors (Lipinski definition) is 7. The van der Waals surface area contributed by atoms with Crippen LogP contribution in [0.4, 0.5) is 22.7 Å². The van der Waals surface area contributed by atoms with Gasteiger partial charge in [-0.3, -0.25) is 4.99 Å². The summed E-state index contributed by atoms with van der Waals surface area (Å²) in [7, 11) is 0. The van der Waals surface area contributed by atoms with Crippen LogP contribution in [-0.2, 0) is 0 Å². The Kier molecular flexibility index (Phi) is 11.7. The summed E-state index contributed by atoms with van der Waals surface area (Å²) in [6.07, 6.45) is 7.64. The Labute approximate surface area is 238 Å². The fraction of sp³-hybridized carbons (Fsp3) is 0.242. The van der Waals surface area contributed by atoms with Crippen molar-refractivity contribution in [3.05, 3.63) is 114 Å². The zero-order valence-electron chi connectivity index (χ0n) is 24.1. The van der Waals surface area contributed by atoms with Gasteiger partial charge in [0, 0.05) is 25.0 Å². The topological polar surface area (TPSA) is 74.3 Å². The molecular formula is C33H38N6O. The van der Waals surface area contributed by atoms with Crippen molar-refractivity contribution in [3.63, 3.8) is 0 Å². The van der Waals surface area contributed by atoms with Gasteiger partial charge >= 0.3 is 0 Å². The number of allylic oxidation sites excluding steroid dienone is 3. The lowest BCUT2D eigenvalue weighted by Crippen LogP contribution is -2.20. The molecule has 206 valence electrons. The highest BCUT2D eigenvalue weighted by Crippen LogP contribution is 2.27. The molecule has 3 aromatic rings. The van der Waals surface area contributed by atoms with Gasteiger partial charge in [-0.2, -0.15) is 20.5 Å². The molecule has 0 heterocycles. The number of benzene rings is 3. The molecule has 7 heteroatoms. The summed E-state index contributed by atoms with van der Waals surface area (Å²) in [5, 5.41) is 17.6. The van der Waals surface area contributed by atoms with Gasteiger partial charge in [-0.05, 0) is 112 Å². The molecule has 0 fully saturated rings. The fourth-order valence-corrected chi connectivity index (χ4v) is 3.72. The second-order valence-electron chi connectivity index (χ2n) is 8.86. The number of aliphatic imine (C=N–C) groups is 1. The summed E-state index contributed by atoms with van der Waals surface area (Å²) in [6, 6.07) is 21.2. The van der Waals surface area contributed by atoms with Crippen LogP contribution in [0.25, 0.3) is 0 Å². The quantitative estimate of drug-likeness (QED) is 0.124. The monoisotopic (exact) mass is 534 g/mol. The lowest BCUT2D eigenvalue weighted by molar-refractivity contribution is 0.340. The van der Waals surface area contributed by atoms with E-state index in [1.54, 1.807) is 0 Å². The molecule has 0 unspecified atom stereocenters. The molecule has 0 aromatic heterocycles. The van der Waals surface area contributed by atoms with Crippen LogP contribution in [-0.4, -0.2) is 30.8 Å². The maximum atomic E-state index is 5.47. The first-order chi connectivity index (χ1) is 19.4. The van der Waals surface area contributed by atoms with Crippen molar-refractivity contribution in [3.8, 4) is 5.75 Å². The van der Waals surface area contributed by atoms with Crippen LogP contribution in [0.3, 0.4) is 0 Å². The van der Waals surface area contributed by atoms with Crippen molar-refractivity contribution in [2.75, 3.05) is 19.7 Å². The van der Waals surface area contributed by atoms with Crippen LogP contribution in [0.1, 0.15) is 38.8 Å². The van der Waals surface area contributed by atoms with Crippen LogP contribution in [0.15, 0.2) is 128 Å². The van der Waals surface area contributed by atoms with Crippen molar-refractivity contribution in [1.82, 2.24) is 4.90 Å². The van der Waals surface area contributed by atoms with E-state index < -0.39 is 0 Å². The maximum absolute atomic E-state index is 5.47. The fourth-order valence-electron chi connectivity index (χ4n) is 3.72. The number of hydrogen-bond donors (Lipinski definition) is 0. The molecular weight excluding hydrogens is 496 g/mol. The van der Waals surface area contributed by atoms with E-state index in [1.807, 2.05) is 112 Å². The summed E-state index contributed by atoms with van der Waals surface area (Å²) in [4.78, 5) is 6.71. The molecule has 0 amide bonds. The minimum Gasteiger partial charge on any atom is -0.494 e. The summed E-state index contributed by atoms with van der Waals surface area (Å²) >= 11 is 0. The first-order valence-electron chi connectivity index (χ1n) is 13.5. The first kappa shape index (κ1) is 29.9. The molecule has 3 rings (SSSR count). The Balaban J connectivity index is 1.60. The zero-order valence-corrected chi connectivity index (χ0v) is 24.1. The number of rotatable bonds is 13. The third-order valence-corrected chi connectivity index (χ3v) is 6.05. The Bertz CT molecular complexity index is 1400. The average Bonchev–Trinajstić information content (AvgIpc) is 2.98. The van der Waals surface area contributed by atoms with Crippen molar-refractivity contribution >= 4 is 29.0 Å². The van der Waals surface area contributed by atoms with Crippen molar-refractivity contribution < 1.29 is 4.74 Å². The number of nitrogens with zero attached hydrogens (tertiary/aromatic N) is 6. The van der Waals surface area contributed by atoms with E-state index >= 15 is 0 Å². The van der Waals surface area contributed by atoms with Crippen LogP contribution >= 0.6 is 0 Å². The molecule has 0 spiro atoms. The van der Waals surface area contributed by atoms with Gasteiger partial charge in [0.25, 0.3) is 0 Å². The molecule has 0 atom stereocenters. The molecule has 3 aromatic carbocycles. The predicted octanol–water partition coefficient (Wildman–Crippen LogP) is 9.96.